The van der Waals surface area contributed by atoms with Crippen LogP contribution in [-0.2, 0) is 6.54 Å². The molecule has 1 aliphatic rings. The fourth-order valence-electron chi connectivity index (χ4n) is 2.15. The van der Waals surface area contributed by atoms with Gasteiger partial charge in [0.15, 0.2) is 0 Å². The topological polar surface area (TPSA) is 43.1 Å². The maximum absolute atomic E-state index is 3.48. The minimum atomic E-state index is 0.687. The first-order valence-corrected chi connectivity index (χ1v) is 6.09. The van der Waals surface area contributed by atoms with Gasteiger partial charge in [0.05, 0.1) is 0 Å². The minimum absolute atomic E-state index is 0.687. The molecule has 1 aromatic rings. The van der Waals surface area contributed by atoms with Crippen LogP contribution in [0.1, 0.15) is 12.0 Å². The summed E-state index contributed by atoms with van der Waals surface area (Å²) >= 11 is 0. The van der Waals surface area contributed by atoms with E-state index in [0.717, 1.165) is 26.2 Å². The van der Waals surface area contributed by atoms with Gasteiger partial charge in [0.2, 0.25) is 0 Å². The molecule has 1 saturated heterocycles. The molecule has 4 heteroatoms. The Morgan fingerprint density at radius 1 is 1.56 bits per heavy atom. The first-order chi connectivity index (χ1) is 7.86. The van der Waals surface area contributed by atoms with E-state index >= 15 is 0 Å². The molecule has 1 aromatic heterocycles. The second-order valence-corrected chi connectivity index (χ2v) is 4.52. The fourth-order valence-corrected chi connectivity index (χ4v) is 2.15. The predicted octanol–water partition coefficient (Wildman–Crippen LogP) is 0.398. The molecule has 2 heterocycles. The van der Waals surface area contributed by atoms with Gasteiger partial charge in [-0.2, -0.15) is 0 Å². The number of piperazine rings is 1. The zero-order chi connectivity index (χ0) is 11.2. The Morgan fingerprint density at radius 2 is 2.50 bits per heavy atom. The molecule has 16 heavy (non-hydrogen) atoms. The van der Waals surface area contributed by atoms with Crippen molar-refractivity contribution in [3.63, 3.8) is 0 Å². The van der Waals surface area contributed by atoms with Crippen molar-refractivity contribution in [2.45, 2.75) is 19.0 Å². The highest BCUT2D eigenvalue weighted by atomic mass is 15.2. The molecule has 0 bridgehead atoms. The third-order valence-electron chi connectivity index (χ3n) is 3.29. The second-order valence-electron chi connectivity index (χ2n) is 4.52. The van der Waals surface area contributed by atoms with Gasteiger partial charge in [-0.05, 0) is 31.6 Å². The molecule has 0 saturated carbocycles. The van der Waals surface area contributed by atoms with E-state index in [4.69, 9.17) is 0 Å². The maximum atomic E-state index is 3.48. The molecule has 1 unspecified atom stereocenters. The van der Waals surface area contributed by atoms with Gasteiger partial charge in [-0.15, -0.1) is 0 Å². The van der Waals surface area contributed by atoms with Crippen LogP contribution in [0.5, 0.6) is 0 Å². The molecule has 1 aliphatic heterocycles. The molecular weight excluding hydrogens is 200 g/mol. The Labute approximate surface area is 97.4 Å². The molecule has 1 atom stereocenters. The van der Waals surface area contributed by atoms with Crippen LogP contribution in [0.2, 0.25) is 0 Å². The summed E-state index contributed by atoms with van der Waals surface area (Å²) in [6.07, 6.45) is 5.23. The van der Waals surface area contributed by atoms with Crippen molar-refractivity contribution in [2.75, 3.05) is 33.2 Å². The Hall–Kier alpha value is -0.840. The molecule has 0 radical (unpaired) electrons. The Bertz CT molecular complexity index is 283. The van der Waals surface area contributed by atoms with Crippen LogP contribution in [0.25, 0.3) is 0 Å². The quantitative estimate of drug-likeness (QED) is 0.632. The van der Waals surface area contributed by atoms with Crippen LogP contribution in [0.15, 0.2) is 18.5 Å². The third-order valence-corrected chi connectivity index (χ3v) is 3.29. The van der Waals surface area contributed by atoms with Crippen molar-refractivity contribution in [1.82, 2.24) is 20.5 Å². The molecule has 4 nitrogen and oxygen atoms in total. The number of likely N-dealkylation sites (N-methyl/N-ethyl adjacent to an activating group) is 1. The third kappa shape index (κ3) is 3.33. The van der Waals surface area contributed by atoms with Crippen molar-refractivity contribution in [2.24, 2.45) is 0 Å². The van der Waals surface area contributed by atoms with Crippen molar-refractivity contribution in [3.8, 4) is 0 Å². The molecule has 0 aromatic carbocycles. The Kier molecular flexibility index (Phi) is 4.39. The van der Waals surface area contributed by atoms with E-state index in [1.165, 1.54) is 18.5 Å². The van der Waals surface area contributed by atoms with E-state index in [9.17, 15) is 0 Å². The van der Waals surface area contributed by atoms with E-state index in [-0.39, 0.29) is 0 Å². The van der Waals surface area contributed by atoms with E-state index in [1.807, 2.05) is 12.4 Å². The predicted molar refractivity (Wildman–Crippen MR) is 66.4 cm³/mol. The van der Waals surface area contributed by atoms with E-state index in [0.29, 0.717) is 6.04 Å². The molecule has 0 spiro atoms. The highest BCUT2D eigenvalue weighted by Gasteiger charge is 2.17. The lowest BCUT2D eigenvalue weighted by atomic mass is 10.1. The zero-order valence-corrected chi connectivity index (χ0v) is 10.00. The van der Waals surface area contributed by atoms with Crippen LogP contribution in [-0.4, -0.2) is 49.2 Å². The van der Waals surface area contributed by atoms with Gasteiger partial charge in [0, 0.05) is 44.6 Å². The second kappa shape index (κ2) is 6.03. The van der Waals surface area contributed by atoms with E-state index < -0.39 is 0 Å². The van der Waals surface area contributed by atoms with E-state index in [1.54, 1.807) is 0 Å². The number of hydrogen-bond donors (Lipinski definition) is 3. The van der Waals surface area contributed by atoms with Gasteiger partial charge in [0.25, 0.3) is 0 Å². The number of hydrogen-bond acceptors (Lipinski definition) is 3. The van der Waals surface area contributed by atoms with Gasteiger partial charge in [-0.25, -0.2) is 0 Å². The normalized spacial score (nSPS) is 22.4. The summed E-state index contributed by atoms with van der Waals surface area (Å²) in [6.45, 7) is 5.48. The van der Waals surface area contributed by atoms with Gasteiger partial charge in [-0.3, -0.25) is 0 Å². The fraction of sp³-hybridized carbons (Fsp3) is 0.667. The molecule has 2 rings (SSSR count). The number of nitrogens with one attached hydrogen (secondary N) is 3. The Balaban J connectivity index is 1.60. The molecule has 90 valence electrons. The molecule has 1 fully saturated rings. The number of nitrogens with zero attached hydrogens (tertiary/aromatic N) is 1. The van der Waals surface area contributed by atoms with Crippen molar-refractivity contribution in [3.05, 3.63) is 24.0 Å². The summed E-state index contributed by atoms with van der Waals surface area (Å²) in [6, 6.07) is 2.80. The molecular formula is C12H22N4. The first-order valence-electron chi connectivity index (χ1n) is 6.09. The lowest BCUT2D eigenvalue weighted by molar-refractivity contribution is 0.189. The van der Waals surface area contributed by atoms with Gasteiger partial charge in [-0.1, -0.05) is 0 Å². The zero-order valence-electron chi connectivity index (χ0n) is 10.00. The lowest BCUT2D eigenvalue weighted by Gasteiger charge is -2.33. The van der Waals surface area contributed by atoms with Crippen LogP contribution < -0.4 is 10.6 Å². The standard InChI is InChI=1S/C12H22N4/c1-16-7-6-15-10-12(16)3-5-14-9-11-2-4-13-8-11/h2,4,8,12-15H,3,5-7,9-10H2,1H3. The van der Waals surface area contributed by atoms with E-state index in [2.05, 4.69) is 33.6 Å². The number of aromatic nitrogens is 1. The van der Waals surface area contributed by atoms with Crippen LogP contribution >= 0.6 is 0 Å². The number of H-pyrrole nitrogens is 1. The first kappa shape index (κ1) is 11.6. The average Bonchev–Trinajstić information content (AvgIpc) is 2.79. The van der Waals surface area contributed by atoms with Crippen LogP contribution in [0.4, 0.5) is 0 Å². The SMILES string of the molecule is CN1CCNCC1CCNCc1cc[nH]c1. The number of rotatable bonds is 5. The molecule has 3 N–H and O–H groups in total. The van der Waals surface area contributed by atoms with Crippen molar-refractivity contribution >= 4 is 0 Å². The summed E-state index contributed by atoms with van der Waals surface area (Å²) in [5.74, 6) is 0. The van der Waals surface area contributed by atoms with Crippen molar-refractivity contribution in [1.29, 1.82) is 0 Å². The summed E-state index contributed by atoms with van der Waals surface area (Å²) in [7, 11) is 2.22. The summed E-state index contributed by atoms with van der Waals surface area (Å²) in [4.78, 5) is 5.52. The van der Waals surface area contributed by atoms with Crippen LogP contribution in [0.3, 0.4) is 0 Å². The van der Waals surface area contributed by atoms with Crippen molar-refractivity contribution < 1.29 is 0 Å². The maximum Gasteiger partial charge on any atom is 0.0230 e. The summed E-state index contributed by atoms with van der Waals surface area (Å²) < 4.78 is 0. The van der Waals surface area contributed by atoms with Gasteiger partial charge >= 0.3 is 0 Å². The molecule has 0 amide bonds. The number of aromatic amines is 1. The summed E-state index contributed by atoms with van der Waals surface area (Å²) in [5, 5.41) is 6.93. The van der Waals surface area contributed by atoms with Gasteiger partial charge < -0.3 is 20.5 Å². The van der Waals surface area contributed by atoms with Gasteiger partial charge in [0.1, 0.15) is 0 Å². The largest absolute Gasteiger partial charge is 0.367 e. The average molecular weight is 222 g/mol. The monoisotopic (exact) mass is 222 g/mol. The minimum Gasteiger partial charge on any atom is -0.367 e. The highest BCUT2D eigenvalue weighted by Crippen LogP contribution is 2.03. The smallest absolute Gasteiger partial charge is 0.0230 e. The Morgan fingerprint density at radius 3 is 3.25 bits per heavy atom. The molecule has 0 aliphatic carbocycles. The summed E-state index contributed by atoms with van der Waals surface area (Å²) in [5.41, 5.74) is 1.33. The highest BCUT2D eigenvalue weighted by molar-refractivity contribution is 5.07. The van der Waals surface area contributed by atoms with Crippen LogP contribution in [0, 0.1) is 0 Å². The lowest BCUT2D eigenvalue weighted by Crippen LogP contribution is -2.50.